The summed E-state index contributed by atoms with van der Waals surface area (Å²) in [6.07, 6.45) is 62.0. The average molecular weight is 1110 g/mol. The molecule has 1 rings (SSSR count). The van der Waals surface area contributed by atoms with Gasteiger partial charge in [-0.15, -0.1) is 0 Å². The van der Waals surface area contributed by atoms with Gasteiger partial charge in [-0.1, -0.05) is 254 Å². The Morgan fingerprint density at radius 2 is 0.911 bits per heavy atom. The summed E-state index contributed by atoms with van der Waals surface area (Å²) >= 11 is 0. The standard InChI is InChI=1S/C68H119NO10/c1-4-7-10-13-16-19-22-24-26-28-30-31-32-34-36-38-41-44-47-50-53-56-63(73)79-66-65(75)64(74)62(57-70)78-68(66)77-58-59(60(71)54-51-48-45-42-39-21-18-15-12-9-6-3)69-67(76)61(72)55-52-49-46-43-40-37-35-33-29-27-25-23-20-17-14-11-8-5-2/h8,11,17,20,24-27,33,35,40,43,51,54,59-62,64-66,68,70-72,74-75H,4-7,9-10,12-16,18-19,21-23,28-32,34,36-39,41-42,44-50,52-53,55-58H2,1-3H3,(H,69,76)/b11-8-,20-17-,26-24+,27-25-,35-33-,43-40-,54-51+. The molecule has 0 aromatic carbocycles. The molecular weight excluding hydrogens is 991 g/mol. The zero-order valence-corrected chi connectivity index (χ0v) is 50.5. The normalized spacial score (nSPS) is 19.4. The molecule has 0 spiro atoms. The van der Waals surface area contributed by atoms with Gasteiger partial charge in [0.15, 0.2) is 12.4 Å². The van der Waals surface area contributed by atoms with Gasteiger partial charge in [0.25, 0.3) is 0 Å². The lowest BCUT2D eigenvalue weighted by atomic mass is 9.99. The summed E-state index contributed by atoms with van der Waals surface area (Å²) in [5.74, 6) is -1.23. The molecule has 1 aliphatic heterocycles. The van der Waals surface area contributed by atoms with Gasteiger partial charge in [0.2, 0.25) is 5.91 Å². The Balaban J connectivity index is 2.65. The van der Waals surface area contributed by atoms with E-state index in [4.69, 9.17) is 14.2 Å². The van der Waals surface area contributed by atoms with Crippen LogP contribution in [0.5, 0.6) is 0 Å². The highest BCUT2D eigenvalue weighted by Crippen LogP contribution is 2.26. The fourth-order valence-corrected chi connectivity index (χ4v) is 9.67. The van der Waals surface area contributed by atoms with Crippen molar-refractivity contribution < 1.29 is 49.3 Å². The molecule has 8 unspecified atom stereocenters. The molecule has 1 amide bonds. The zero-order chi connectivity index (χ0) is 57.5. The van der Waals surface area contributed by atoms with E-state index >= 15 is 0 Å². The summed E-state index contributed by atoms with van der Waals surface area (Å²) in [5.41, 5.74) is 0. The lowest BCUT2D eigenvalue weighted by Gasteiger charge is -2.41. The Morgan fingerprint density at radius 1 is 0.506 bits per heavy atom. The van der Waals surface area contributed by atoms with Gasteiger partial charge < -0.3 is 45.1 Å². The van der Waals surface area contributed by atoms with Crippen LogP contribution in [0.2, 0.25) is 0 Å². The molecule has 11 heteroatoms. The van der Waals surface area contributed by atoms with E-state index in [1.807, 2.05) is 6.08 Å². The predicted octanol–water partition coefficient (Wildman–Crippen LogP) is 15.7. The van der Waals surface area contributed by atoms with E-state index in [9.17, 15) is 35.1 Å². The number of aliphatic hydroxyl groups is 5. The fourth-order valence-electron chi connectivity index (χ4n) is 9.67. The molecule has 0 bridgehead atoms. The minimum absolute atomic E-state index is 0.116. The molecule has 0 aromatic heterocycles. The van der Waals surface area contributed by atoms with E-state index in [0.29, 0.717) is 12.8 Å². The molecule has 11 nitrogen and oxygen atoms in total. The Hall–Kier alpha value is -3.16. The Morgan fingerprint density at radius 3 is 1.38 bits per heavy atom. The van der Waals surface area contributed by atoms with Crippen LogP contribution in [0.1, 0.15) is 271 Å². The summed E-state index contributed by atoms with van der Waals surface area (Å²) < 4.78 is 17.6. The third-order valence-corrected chi connectivity index (χ3v) is 14.8. The van der Waals surface area contributed by atoms with Crippen molar-refractivity contribution in [3.05, 3.63) is 85.1 Å². The van der Waals surface area contributed by atoms with Crippen LogP contribution in [-0.4, -0.2) is 99.6 Å². The van der Waals surface area contributed by atoms with Crippen molar-refractivity contribution in [3.8, 4) is 0 Å². The second-order valence-corrected chi connectivity index (χ2v) is 22.1. The van der Waals surface area contributed by atoms with Gasteiger partial charge in [-0.3, -0.25) is 9.59 Å². The summed E-state index contributed by atoms with van der Waals surface area (Å²) in [5, 5.41) is 57.0. The fraction of sp³-hybridized carbons (Fsp3) is 0.765. The van der Waals surface area contributed by atoms with Crippen LogP contribution < -0.4 is 5.32 Å². The van der Waals surface area contributed by atoms with Gasteiger partial charge in [0.1, 0.15) is 24.4 Å². The van der Waals surface area contributed by atoms with Gasteiger partial charge in [0, 0.05) is 6.42 Å². The van der Waals surface area contributed by atoms with Gasteiger partial charge in [-0.05, 0) is 96.3 Å². The van der Waals surface area contributed by atoms with Crippen molar-refractivity contribution in [2.24, 2.45) is 0 Å². The molecule has 79 heavy (non-hydrogen) atoms. The highest BCUT2D eigenvalue weighted by molar-refractivity contribution is 5.80. The topological polar surface area (TPSA) is 175 Å². The number of carbonyl (C=O) groups excluding carboxylic acids is 2. The molecular formula is C68H119NO10. The first-order valence-corrected chi connectivity index (χ1v) is 32.4. The molecule has 8 atom stereocenters. The molecule has 0 aromatic rings. The van der Waals surface area contributed by atoms with Crippen LogP contribution in [0.25, 0.3) is 0 Å². The molecule has 0 aliphatic carbocycles. The van der Waals surface area contributed by atoms with E-state index in [0.717, 1.165) is 89.9 Å². The van der Waals surface area contributed by atoms with Crippen molar-refractivity contribution in [1.82, 2.24) is 5.32 Å². The van der Waals surface area contributed by atoms with E-state index < -0.39 is 67.4 Å². The largest absolute Gasteiger partial charge is 0.454 e. The maximum absolute atomic E-state index is 13.4. The highest BCUT2D eigenvalue weighted by atomic mass is 16.7. The predicted molar refractivity (Wildman–Crippen MR) is 329 cm³/mol. The van der Waals surface area contributed by atoms with Crippen molar-refractivity contribution in [3.63, 3.8) is 0 Å². The number of hydrogen-bond donors (Lipinski definition) is 6. The number of rotatable bonds is 54. The number of hydrogen-bond acceptors (Lipinski definition) is 10. The van der Waals surface area contributed by atoms with Crippen LogP contribution >= 0.6 is 0 Å². The van der Waals surface area contributed by atoms with E-state index in [1.165, 1.54) is 135 Å². The van der Waals surface area contributed by atoms with Crippen LogP contribution in [0.15, 0.2) is 85.1 Å². The molecule has 1 fully saturated rings. The van der Waals surface area contributed by atoms with Crippen molar-refractivity contribution >= 4 is 11.9 Å². The summed E-state index contributed by atoms with van der Waals surface area (Å²) in [6, 6.07) is -1.05. The number of amides is 1. The van der Waals surface area contributed by atoms with Gasteiger partial charge in [0.05, 0.1) is 25.4 Å². The Kier molecular flexibility index (Phi) is 51.8. The van der Waals surface area contributed by atoms with Crippen LogP contribution in [0.3, 0.4) is 0 Å². The summed E-state index contributed by atoms with van der Waals surface area (Å²) in [6.45, 7) is 5.65. The smallest absolute Gasteiger partial charge is 0.306 e. The van der Waals surface area contributed by atoms with Crippen LogP contribution in [0.4, 0.5) is 0 Å². The minimum Gasteiger partial charge on any atom is -0.454 e. The molecule has 0 saturated carbocycles. The van der Waals surface area contributed by atoms with E-state index in [-0.39, 0.29) is 19.4 Å². The number of unbranched alkanes of at least 4 members (excludes halogenated alkanes) is 28. The minimum atomic E-state index is -1.62. The number of ether oxygens (including phenoxy) is 3. The monoisotopic (exact) mass is 1110 g/mol. The van der Waals surface area contributed by atoms with E-state index in [2.05, 4.69) is 99.0 Å². The Labute approximate surface area is 483 Å². The number of allylic oxidation sites excluding steroid dienone is 13. The van der Waals surface area contributed by atoms with Crippen molar-refractivity contribution in [1.29, 1.82) is 0 Å². The number of carbonyl (C=O) groups is 2. The second-order valence-electron chi connectivity index (χ2n) is 22.1. The van der Waals surface area contributed by atoms with Crippen LogP contribution in [0, 0.1) is 0 Å². The van der Waals surface area contributed by atoms with Gasteiger partial charge in [-0.25, -0.2) is 0 Å². The Bertz CT molecular complexity index is 1610. The number of esters is 1. The average Bonchev–Trinajstić information content (AvgIpc) is 3.45. The highest BCUT2D eigenvalue weighted by Gasteiger charge is 2.47. The van der Waals surface area contributed by atoms with Crippen LogP contribution in [-0.2, 0) is 23.8 Å². The number of aliphatic hydroxyl groups excluding tert-OH is 5. The zero-order valence-electron chi connectivity index (χ0n) is 50.5. The molecule has 0 radical (unpaired) electrons. The van der Waals surface area contributed by atoms with Crippen molar-refractivity contribution in [2.75, 3.05) is 13.2 Å². The maximum Gasteiger partial charge on any atom is 0.306 e. The lowest BCUT2D eigenvalue weighted by Crippen LogP contribution is -2.61. The van der Waals surface area contributed by atoms with Gasteiger partial charge in [-0.2, -0.15) is 0 Å². The van der Waals surface area contributed by atoms with E-state index in [1.54, 1.807) is 6.08 Å². The first-order chi connectivity index (χ1) is 38.7. The molecule has 1 saturated heterocycles. The third-order valence-electron chi connectivity index (χ3n) is 14.8. The molecule has 1 heterocycles. The summed E-state index contributed by atoms with van der Waals surface area (Å²) in [4.78, 5) is 26.6. The first kappa shape index (κ1) is 73.9. The molecule has 456 valence electrons. The molecule has 1 aliphatic rings. The third kappa shape index (κ3) is 43.2. The second kappa shape index (κ2) is 55.4. The SMILES string of the molecule is CC/C=C\C/C=C\C/C=C\C/C=C\C/C=C\CCCCC(O)C(=O)NC(COC1OC(CO)C(O)C(O)C1OC(=O)CCCCCCCCCCCCC/C=C/CCCCCCCC)C(O)/C=C/CCCCCCCCCCC. The maximum atomic E-state index is 13.4. The molecule has 6 N–H and O–H groups in total. The first-order valence-electron chi connectivity index (χ1n) is 32.4. The number of nitrogens with one attached hydrogen (secondary N) is 1. The summed E-state index contributed by atoms with van der Waals surface area (Å²) in [7, 11) is 0. The van der Waals surface area contributed by atoms with Crippen molar-refractivity contribution in [2.45, 2.75) is 320 Å². The quantitative estimate of drug-likeness (QED) is 0.0195. The lowest BCUT2D eigenvalue weighted by molar-refractivity contribution is -0.305. The van der Waals surface area contributed by atoms with Gasteiger partial charge >= 0.3 is 5.97 Å².